The van der Waals surface area contributed by atoms with Crippen LogP contribution in [-0.2, 0) is 0 Å². The number of halogens is 3. The summed E-state index contributed by atoms with van der Waals surface area (Å²) in [4.78, 5) is 7.78. The smallest absolute Gasteiger partial charge is 0.235 e. The minimum absolute atomic E-state index is 0.203. The summed E-state index contributed by atoms with van der Waals surface area (Å²) in [6.45, 7) is 0. The molecule has 0 saturated heterocycles. The highest BCUT2D eigenvalue weighted by Crippen LogP contribution is 2.30. The number of hydrogen-bond donors (Lipinski definition) is 0. The Morgan fingerprint density at radius 3 is 2.88 bits per heavy atom. The van der Waals surface area contributed by atoms with Crippen LogP contribution in [0.4, 0.5) is 4.39 Å². The van der Waals surface area contributed by atoms with Crippen LogP contribution in [0.2, 0.25) is 5.02 Å². The topological polar surface area (TPSA) is 35.0 Å². The van der Waals surface area contributed by atoms with Gasteiger partial charge < -0.3 is 4.74 Å². The lowest BCUT2D eigenvalue weighted by Gasteiger charge is -2.07. The third-order valence-electron chi connectivity index (χ3n) is 1.73. The van der Waals surface area contributed by atoms with Gasteiger partial charge in [0.05, 0.1) is 8.59 Å². The number of ether oxygens (including phenoxy) is 1. The van der Waals surface area contributed by atoms with Gasteiger partial charge in [-0.25, -0.2) is 14.4 Å². The van der Waals surface area contributed by atoms with Gasteiger partial charge in [0.1, 0.15) is 17.9 Å². The van der Waals surface area contributed by atoms with E-state index in [1.165, 1.54) is 24.5 Å². The third kappa shape index (κ3) is 2.59. The van der Waals surface area contributed by atoms with Gasteiger partial charge in [-0.2, -0.15) is 0 Å². The summed E-state index contributed by atoms with van der Waals surface area (Å²) in [6, 6.07) is 3.91. The highest BCUT2D eigenvalue weighted by Gasteiger charge is 2.07. The Morgan fingerprint density at radius 2 is 2.19 bits per heavy atom. The van der Waals surface area contributed by atoms with Gasteiger partial charge >= 0.3 is 0 Å². The van der Waals surface area contributed by atoms with Gasteiger partial charge in [0.25, 0.3) is 0 Å². The zero-order chi connectivity index (χ0) is 11.5. The van der Waals surface area contributed by atoms with Gasteiger partial charge in [-0.3, -0.25) is 0 Å². The lowest BCUT2D eigenvalue weighted by Crippen LogP contribution is -1.92. The van der Waals surface area contributed by atoms with Crippen LogP contribution in [0.5, 0.6) is 11.6 Å². The number of rotatable bonds is 2. The molecule has 6 heteroatoms. The van der Waals surface area contributed by atoms with Gasteiger partial charge in [-0.15, -0.1) is 0 Å². The van der Waals surface area contributed by atoms with Crippen molar-refractivity contribution in [3.05, 3.63) is 45.1 Å². The molecule has 1 aromatic heterocycles. The van der Waals surface area contributed by atoms with Crippen molar-refractivity contribution in [3.63, 3.8) is 0 Å². The molecule has 1 aromatic carbocycles. The van der Waals surface area contributed by atoms with Crippen molar-refractivity contribution in [1.29, 1.82) is 0 Å². The normalized spacial score (nSPS) is 10.2. The second-order valence-corrected chi connectivity index (χ2v) is 4.42. The number of benzene rings is 1. The van der Waals surface area contributed by atoms with E-state index in [1.54, 1.807) is 6.20 Å². The number of aromatic nitrogens is 2. The van der Waals surface area contributed by atoms with Crippen molar-refractivity contribution in [1.82, 2.24) is 9.97 Å². The van der Waals surface area contributed by atoms with Crippen molar-refractivity contribution in [2.24, 2.45) is 0 Å². The molecule has 0 bridgehead atoms. The summed E-state index contributed by atoms with van der Waals surface area (Å²) in [5, 5.41) is 0.203. The molecule has 0 N–H and O–H groups in total. The molecule has 0 aliphatic carbocycles. The first-order chi connectivity index (χ1) is 7.66. The van der Waals surface area contributed by atoms with Crippen LogP contribution < -0.4 is 4.74 Å². The van der Waals surface area contributed by atoms with Crippen LogP contribution in [0.15, 0.2) is 30.7 Å². The van der Waals surface area contributed by atoms with E-state index < -0.39 is 5.82 Å². The van der Waals surface area contributed by atoms with Crippen LogP contribution in [0.1, 0.15) is 0 Å². The summed E-state index contributed by atoms with van der Waals surface area (Å²) >= 11 is 7.86. The molecule has 82 valence electrons. The molecule has 0 unspecified atom stereocenters. The Hall–Kier alpha value is -0.950. The minimum Gasteiger partial charge on any atom is -0.436 e. The fraction of sp³-hybridized carbons (Fsp3) is 0. The van der Waals surface area contributed by atoms with Gasteiger partial charge in [0.2, 0.25) is 5.88 Å². The summed E-state index contributed by atoms with van der Waals surface area (Å²) in [6.07, 6.45) is 2.98. The first kappa shape index (κ1) is 11.5. The van der Waals surface area contributed by atoms with Gasteiger partial charge in [0.15, 0.2) is 0 Å². The maximum absolute atomic E-state index is 12.8. The quantitative estimate of drug-likeness (QED) is 0.775. The number of hydrogen-bond acceptors (Lipinski definition) is 3. The molecule has 0 aliphatic heterocycles. The Bertz CT molecular complexity index is 524. The molecule has 2 rings (SSSR count). The average molecular weight is 351 g/mol. The summed E-state index contributed by atoms with van der Waals surface area (Å²) in [7, 11) is 0. The highest BCUT2D eigenvalue weighted by atomic mass is 127. The van der Waals surface area contributed by atoms with E-state index in [2.05, 4.69) is 9.97 Å². The summed E-state index contributed by atoms with van der Waals surface area (Å²) in [5.41, 5.74) is 0. The molecule has 0 radical (unpaired) electrons. The molecule has 0 saturated carbocycles. The Morgan fingerprint density at radius 1 is 1.38 bits per heavy atom. The second kappa shape index (κ2) is 4.92. The third-order valence-corrected chi connectivity index (χ3v) is 2.77. The van der Waals surface area contributed by atoms with E-state index in [0.717, 1.165) is 3.57 Å². The van der Waals surface area contributed by atoms with Crippen molar-refractivity contribution in [2.75, 3.05) is 0 Å². The molecule has 0 fully saturated rings. The van der Waals surface area contributed by atoms with E-state index in [4.69, 9.17) is 16.3 Å². The Labute approximate surface area is 110 Å². The molecular weight excluding hydrogens is 345 g/mol. The van der Waals surface area contributed by atoms with E-state index >= 15 is 0 Å². The van der Waals surface area contributed by atoms with Crippen molar-refractivity contribution >= 4 is 34.2 Å². The van der Waals surface area contributed by atoms with E-state index in [-0.39, 0.29) is 5.02 Å². The first-order valence-corrected chi connectivity index (χ1v) is 5.71. The Kier molecular flexibility index (Phi) is 3.55. The molecule has 1 heterocycles. The molecule has 16 heavy (non-hydrogen) atoms. The Balaban J connectivity index is 2.31. The monoisotopic (exact) mass is 350 g/mol. The van der Waals surface area contributed by atoms with Crippen molar-refractivity contribution in [2.45, 2.75) is 0 Å². The fourth-order valence-corrected chi connectivity index (χ4v) is 1.65. The van der Waals surface area contributed by atoms with Gasteiger partial charge in [-0.1, -0.05) is 11.6 Å². The summed E-state index contributed by atoms with van der Waals surface area (Å²) < 4.78 is 19.0. The predicted molar refractivity (Wildman–Crippen MR) is 66.2 cm³/mol. The van der Waals surface area contributed by atoms with Crippen molar-refractivity contribution in [3.8, 4) is 11.6 Å². The number of nitrogens with zero attached hydrogens (tertiary/aromatic N) is 2. The zero-order valence-electron chi connectivity index (χ0n) is 7.82. The van der Waals surface area contributed by atoms with Crippen LogP contribution in [-0.4, -0.2) is 9.97 Å². The van der Waals surface area contributed by atoms with E-state index in [1.807, 2.05) is 22.6 Å². The van der Waals surface area contributed by atoms with Crippen LogP contribution in [0, 0.1) is 9.39 Å². The van der Waals surface area contributed by atoms with E-state index in [0.29, 0.717) is 11.6 Å². The molecule has 2 aromatic rings. The SMILES string of the molecule is Fc1ccc(Oc2ncncc2I)c(Cl)c1. The molecular formula is C10H5ClFIN2O. The first-order valence-electron chi connectivity index (χ1n) is 4.25. The average Bonchev–Trinajstić information content (AvgIpc) is 2.25. The highest BCUT2D eigenvalue weighted by molar-refractivity contribution is 14.1. The maximum atomic E-state index is 12.8. The fourth-order valence-electron chi connectivity index (χ4n) is 1.04. The zero-order valence-corrected chi connectivity index (χ0v) is 10.7. The molecule has 0 aliphatic rings. The molecule has 0 amide bonds. The predicted octanol–water partition coefficient (Wildman–Crippen LogP) is 3.67. The lowest BCUT2D eigenvalue weighted by molar-refractivity contribution is 0.456. The maximum Gasteiger partial charge on any atom is 0.235 e. The largest absolute Gasteiger partial charge is 0.436 e. The van der Waals surface area contributed by atoms with Crippen LogP contribution in [0.3, 0.4) is 0 Å². The van der Waals surface area contributed by atoms with Gasteiger partial charge in [0, 0.05) is 6.20 Å². The van der Waals surface area contributed by atoms with Crippen molar-refractivity contribution < 1.29 is 9.13 Å². The second-order valence-electron chi connectivity index (χ2n) is 2.85. The minimum atomic E-state index is -0.408. The lowest BCUT2D eigenvalue weighted by atomic mass is 10.3. The van der Waals surface area contributed by atoms with Crippen LogP contribution >= 0.6 is 34.2 Å². The van der Waals surface area contributed by atoms with E-state index in [9.17, 15) is 4.39 Å². The van der Waals surface area contributed by atoms with Gasteiger partial charge in [-0.05, 0) is 40.8 Å². The van der Waals surface area contributed by atoms with Crippen LogP contribution in [0.25, 0.3) is 0 Å². The molecule has 3 nitrogen and oxygen atoms in total. The standard InChI is InChI=1S/C10H5ClFIN2O/c11-7-3-6(12)1-2-9(7)16-10-8(13)4-14-5-15-10/h1-5H. The summed E-state index contributed by atoms with van der Waals surface area (Å²) in [5.74, 6) is 0.346. The molecule has 0 atom stereocenters. The molecule has 0 spiro atoms.